The lowest BCUT2D eigenvalue weighted by atomic mass is 10.2. The number of carbonyl (C=O) groups excluding carboxylic acids is 1. The number of anilines is 3. The van der Waals surface area contributed by atoms with Gasteiger partial charge in [-0.3, -0.25) is 9.78 Å². The second kappa shape index (κ2) is 5.08. The van der Waals surface area contributed by atoms with Gasteiger partial charge in [-0.15, -0.1) is 0 Å². The summed E-state index contributed by atoms with van der Waals surface area (Å²) in [6.45, 7) is 0.649. The third-order valence-electron chi connectivity index (χ3n) is 3.02. The smallest absolute Gasteiger partial charge is 0.262 e. The number of nitrogen functional groups attached to an aromatic ring is 1. The minimum Gasteiger partial charge on any atom is -0.482 e. The number of carbonyl (C=O) groups is 1. The summed E-state index contributed by atoms with van der Waals surface area (Å²) < 4.78 is 5.31. The topological polar surface area (TPSA) is 89.3 Å². The van der Waals surface area contributed by atoms with E-state index in [0.717, 1.165) is 11.3 Å². The largest absolute Gasteiger partial charge is 0.482 e. The monoisotopic (exact) mass is 270 g/mol. The first kappa shape index (κ1) is 12.3. The number of amides is 1. The third kappa shape index (κ3) is 2.49. The maximum atomic E-state index is 11.3. The first-order valence-corrected chi connectivity index (χ1v) is 6.21. The quantitative estimate of drug-likeness (QED) is 0.737. The Balaban J connectivity index is 1.80. The predicted molar refractivity (Wildman–Crippen MR) is 76.5 cm³/mol. The van der Waals surface area contributed by atoms with Crippen molar-refractivity contribution in [1.82, 2.24) is 4.98 Å². The Morgan fingerprint density at radius 1 is 1.35 bits per heavy atom. The van der Waals surface area contributed by atoms with Gasteiger partial charge in [-0.1, -0.05) is 0 Å². The van der Waals surface area contributed by atoms with Crippen molar-refractivity contribution in [3.05, 3.63) is 42.2 Å². The molecule has 1 aliphatic heterocycles. The van der Waals surface area contributed by atoms with Crippen LogP contribution in [0.2, 0.25) is 0 Å². The minimum atomic E-state index is -0.164. The van der Waals surface area contributed by atoms with Crippen molar-refractivity contribution in [1.29, 1.82) is 0 Å². The molecule has 0 aliphatic carbocycles. The number of rotatable bonds is 3. The Labute approximate surface area is 116 Å². The molecule has 4 N–H and O–H groups in total. The molecule has 3 rings (SSSR count). The molecular weight excluding hydrogens is 256 g/mol. The fourth-order valence-electron chi connectivity index (χ4n) is 1.99. The van der Waals surface area contributed by atoms with Gasteiger partial charge in [0.15, 0.2) is 6.61 Å². The molecule has 0 unspecified atom stereocenters. The number of fused-ring (bicyclic) bond motifs is 1. The molecule has 0 radical (unpaired) electrons. The van der Waals surface area contributed by atoms with Gasteiger partial charge >= 0.3 is 0 Å². The number of nitrogens with two attached hydrogens (primary N) is 1. The van der Waals surface area contributed by atoms with Gasteiger partial charge in [0.25, 0.3) is 5.91 Å². The number of nitrogens with one attached hydrogen (secondary N) is 2. The summed E-state index contributed by atoms with van der Waals surface area (Å²) in [6.07, 6.45) is 3.47. The zero-order valence-corrected chi connectivity index (χ0v) is 10.7. The fourth-order valence-corrected chi connectivity index (χ4v) is 1.99. The van der Waals surface area contributed by atoms with Crippen LogP contribution in [0.1, 0.15) is 5.56 Å². The molecule has 1 aromatic heterocycles. The Morgan fingerprint density at radius 2 is 2.15 bits per heavy atom. The highest BCUT2D eigenvalue weighted by molar-refractivity contribution is 5.97. The Morgan fingerprint density at radius 3 is 2.95 bits per heavy atom. The summed E-state index contributed by atoms with van der Waals surface area (Å²) in [7, 11) is 0. The van der Waals surface area contributed by atoms with E-state index in [4.69, 9.17) is 10.5 Å². The van der Waals surface area contributed by atoms with Crippen LogP contribution in [-0.2, 0) is 11.3 Å². The van der Waals surface area contributed by atoms with E-state index in [1.807, 2.05) is 12.1 Å². The van der Waals surface area contributed by atoms with E-state index in [-0.39, 0.29) is 12.5 Å². The van der Waals surface area contributed by atoms with Gasteiger partial charge in [-0.05, 0) is 23.8 Å². The molecule has 0 spiro atoms. The molecule has 2 aromatic rings. The van der Waals surface area contributed by atoms with E-state index in [9.17, 15) is 4.79 Å². The fraction of sp³-hybridized carbons (Fsp3) is 0.143. The van der Waals surface area contributed by atoms with E-state index in [1.54, 1.807) is 24.5 Å². The number of hydrogen-bond donors (Lipinski definition) is 3. The van der Waals surface area contributed by atoms with Crippen LogP contribution in [0.4, 0.5) is 17.1 Å². The number of ether oxygens (including phenoxy) is 1. The van der Waals surface area contributed by atoms with Crippen molar-refractivity contribution in [2.24, 2.45) is 0 Å². The van der Waals surface area contributed by atoms with Gasteiger partial charge in [0.2, 0.25) is 0 Å². The Hall–Kier alpha value is -2.76. The van der Waals surface area contributed by atoms with Crippen molar-refractivity contribution >= 4 is 23.0 Å². The van der Waals surface area contributed by atoms with Crippen LogP contribution in [0.5, 0.6) is 5.75 Å². The summed E-state index contributed by atoms with van der Waals surface area (Å²) in [5.41, 5.74) is 9.04. The van der Waals surface area contributed by atoms with E-state index < -0.39 is 0 Å². The number of hydrogen-bond acceptors (Lipinski definition) is 5. The zero-order chi connectivity index (χ0) is 13.9. The Kier molecular flexibility index (Phi) is 3.12. The highest BCUT2D eigenvalue weighted by Crippen LogP contribution is 2.35. The number of aromatic nitrogens is 1. The van der Waals surface area contributed by atoms with Crippen molar-refractivity contribution < 1.29 is 9.53 Å². The van der Waals surface area contributed by atoms with Crippen LogP contribution < -0.4 is 21.1 Å². The van der Waals surface area contributed by atoms with Crippen LogP contribution in [0.3, 0.4) is 0 Å². The third-order valence-corrected chi connectivity index (χ3v) is 3.02. The van der Waals surface area contributed by atoms with E-state index in [2.05, 4.69) is 15.6 Å². The average Bonchev–Trinajstić information content (AvgIpc) is 2.46. The minimum absolute atomic E-state index is 0.0240. The van der Waals surface area contributed by atoms with Gasteiger partial charge < -0.3 is 21.1 Å². The lowest BCUT2D eigenvalue weighted by Crippen LogP contribution is -2.25. The lowest BCUT2D eigenvalue weighted by Gasteiger charge is -2.20. The van der Waals surface area contributed by atoms with Gasteiger partial charge in [0.05, 0.1) is 17.1 Å². The molecular formula is C14H14N4O2. The number of benzene rings is 1. The molecule has 1 aliphatic rings. The van der Waals surface area contributed by atoms with Crippen molar-refractivity contribution in [2.75, 3.05) is 23.0 Å². The maximum absolute atomic E-state index is 11.3. The molecule has 102 valence electrons. The highest BCUT2D eigenvalue weighted by atomic mass is 16.5. The maximum Gasteiger partial charge on any atom is 0.262 e. The first-order valence-electron chi connectivity index (χ1n) is 6.21. The molecule has 20 heavy (non-hydrogen) atoms. The molecule has 0 atom stereocenters. The van der Waals surface area contributed by atoms with Crippen LogP contribution in [0.15, 0.2) is 36.7 Å². The summed E-state index contributed by atoms with van der Waals surface area (Å²) in [5, 5.41) is 5.99. The number of nitrogens with zero attached hydrogens (tertiary/aromatic N) is 1. The summed E-state index contributed by atoms with van der Waals surface area (Å²) >= 11 is 0. The SMILES string of the molecule is Nc1cc2c(cc1NCc1ccncc1)NC(=O)CO2. The van der Waals surface area contributed by atoms with Gasteiger partial charge in [-0.2, -0.15) is 0 Å². The summed E-state index contributed by atoms with van der Waals surface area (Å²) in [5.74, 6) is 0.430. The molecule has 1 amide bonds. The second-order valence-electron chi connectivity index (χ2n) is 4.48. The average molecular weight is 270 g/mol. The van der Waals surface area contributed by atoms with Gasteiger partial charge in [0, 0.05) is 25.0 Å². The van der Waals surface area contributed by atoms with Crippen LogP contribution in [0.25, 0.3) is 0 Å². The summed E-state index contributed by atoms with van der Waals surface area (Å²) in [4.78, 5) is 15.3. The van der Waals surface area contributed by atoms with Crippen molar-refractivity contribution in [3.63, 3.8) is 0 Å². The van der Waals surface area contributed by atoms with Gasteiger partial charge in [-0.25, -0.2) is 0 Å². The van der Waals surface area contributed by atoms with Crippen LogP contribution in [-0.4, -0.2) is 17.5 Å². The van der Waals surface area contributed by atoms with E-state index in [1.165, 1.54) is 0 Å². The standard InChI is InChI=1S/C14H14N4O2/c15-10-5-13-12(18-14(19)8-20-13)6-11(10)17-7-9-1-3-16-4-2-9/h1-6,17H,7-8,15H2,(H,18,19). The van der Waals surface area contributed by atoms with E-state index >= 15 is 0 Å². The molecule has 0 fully saturated rings. The predicted octanol–water partition coefficient (Wildman–Crippen LogP) is 1.61. The van der Waals surface area contributed by atoms with Crippen LogP contribution >= 0.6 is 0 Å². The molecule has 0 bridgehead atoms. The number of pyridine rings is 1. The molecule has 0 saturated carbocycles. The second-order valence-corrected chi connectivity index (χ2v) is 4.48. The highest BCUT2D eigenvalue weighted by Gasteiger charge is 2.17. The molecule has 6 nitrogen and oxygen atoms in total. The molecule has 0 saturated heterocycles. The van der Waals surface area contributed by atoms with Gasteiger partial charge in [0.1, 0.15) is 5.75 Å². The summed E-state index contributed by atoms with van der Waals surface area (Å²) in [6, 6.07) is 7.34. The molecule has 6 heteroatoms. The zero-order valence-electron chi connectivity index (χ0n) is 10.7. The lowest BCUT2D eigenvalue weighted by molar-refractivity contribution is -0.118. The molecule has 1 aromatic carbocycles. The molecule has 2 heterocycles. The first-order chi connectivity index (χ1) is 9.72. The normalized spacial score (nSPS) is 13.1. The van der Waals surface area contributed by atoms with Crippen molar-refractivity contribution in [2.45, 2.75) is 6.54 Å². The van der Waals surface area contributed by atoms with Crippen molar-refractivity contribution in [3.8, 4) is 5.75 Å². The van der Waals surface area contributed by atoms with E-state index in [0.29, 0.717) is 23.7 Å². The Bertz CT molecular complexity index is 643. The van der Waals surface area contributed by atoms with Crippen LogP contribution in [0, 0.1) is 0 Å².